The largest absolute Gasteiger partial charge is 2.00 e. The number of imide groups is 2. The van der Waals surface area contributed by atoms with Crippen molar-refractivity contribution in [1.29, 1.82) is 0 Å². The Morgan fingerprint density at radius 2 is 0.625 bits per heavy atom. The van der Waals surface area contributed by atoms with E-state index in [0.29, 0.717) is 50.0 Å². The minimum Gasteiger partial charge on any atom is -0.657 e. The van der Waals surface area contributed by atoms with Gasteiger partial charge in [0, 0.05) is 44.2 Å². The molecular weight excluding hydrogens is 1330 g/mol. The SMILES string of the molecule is Cc1cc(C)c(-c2c3nc(c(-c4c(C)cc(C)cc4C)c4ccc([n-]4)c(-c4c(C)cc(C)cc4C)c4nc(c(-c5ccc(C#Cc6ccc(N7C(=O)c8ccc9c%10ccc%11c%12c(ccc(c%13ccc(c8c9%13)C7=O)c%12%10)C(=O)N(c7cc(C)ccc7C)C%11=O)cc6)cc5)c5ccc2[n-]5)C=C4)C=C3)c(C)c1.[Zn+2]. The number of aryl methyl sites for hydroxylation is 11. The van der Waals surface area contributed by atoms with Crippen LogP contribution in [0.5, 0.6) is 0 Å². The quantitative estimate of drug-likeness (QED) is 0.0529. The molecular formula is C93H66N6O4Zn. The van der Waals surface area contributed by atoms with E-state index < -0.39 is 11.8 Å². The van der Waals surface area contributed by atoms with Crippen LogP contribution in [0.2, 0.25) is 0 Å². The molecule has 0 saturated carbocycles. The fourth-order valence-electron chi connectivity index (χ4n) is 17.1. The van der Waals surface area contributed by atoms with Gasteiger partial charge in [-0.1, -0.05) is 138 Å². The summed E-state index contributed by atoms with van der Waals surface area (Å²) in [5, 5.41) is 6.06. The Morgan fingerprint density at radius 3 is 0.990 bits per heavy atom. The molecule has 0 saturated heterocycles. The number of rotatable bonds is 6. The molecule has 0 N–H and O–H groups in total. The van der Waals surface area contributed by atoms with Gasteiger partial charge < -0.3 is 9.97 Å². The van der Waals surface area contributed by atoms with E-state index in [-0.39, 0.29) is 31.3 Å². The van der Waals surface area contributed by atoms with Gasteiger partial charge in [0.05, 0.1) is 34.2 Å². The average Bonchev–Trinajstić information content (AvgIpc) is 1.00. The summed E-state index contributed by atoms with van der Waals surface area (Å²) < 4.78 is 0. The number of aromatic nitrogens is 4. The Kier molecular flexibility index (Phi) is 15.2. The standard InChI is InChI=1S/C93H66N6O4.Zn/c1-47-12-13-51(5)78(46-47)99-92(102)68-30-26-64-62-24-28-66-85-67(29-25-63(83(62)85)65-27-31-69(93(99)103)86(68)84(64)65)91(101)98(90(66)100)61-22-18-59(19-23-61)15-14-58-16-20-60(21-17-58)82-70-32-34-72(94-70)87(79-52(6)40-48(2)41-53(79)7)74-36-38-76(96-74)89(81-56(10)44-50(4)45-57(81)11)77-39-37-75(97-77)88(73-35-33-71(82)95-73)80-54(8)42-49(3)43-55(80)9;/h12-13,16-46H,1-11H3;/q-2;+2. The van der Waals surface area contributed by atoms with E-state index in [1.807, 2.05) is 80.6 Å². The molecule has 11 heteroatoms. The maximum absolute atomic E-state index is 14.8. The zero-order valence-electron chi connectivity index (χ0n) is 59.6. The van der Waals surface area contributed by atoms with E-state index in [1.54, 1.807) is 36.4 Å². The molecule has 4 aliphatic rings. The summed E-state index contributed by atoms with van der Waals surface area (Å²) in [6, 6.07) is 58.0. The number of carbonyl (C=O) groups excluding carboxylic acids is 4. The Bertz CT molecular complexity index is 6340. The van der Waals surface area contributed by atoms with E-state index in [0.717, 1.165) is 172 Å². The number of carbonyl (C=O) groups is 4. The van der Waals surface area contributed by atoms with Crippen molar-refractivity contribution in [3.05, 3.63) is 293 Å². The van der Waals surface area contributed by atoms with Crippen molar-refractivity contribution in [2.45, 2.75) is 76.2 Å². The van der Waals surface area contributed by atoms with Crippen LogP contribution in [0.3, 0.4) is 0 Å². The third kappa shape index (κ3) is 10.0. The zero-order chi connectivity index (χ0) is 70.9. The predicted molar refractivity (Wildman–Crippen MR) is 419 cm³/mol. The van der Waals surface area contributed by atoms with Gasteiger partial charge in [-0.3, -0.25) is 19.2 Å². The van der Waals surface area contributed by atoms with E-state index in [2.05, 4.69) is 171 Å². The number of benzene rings is 11. The minimum absolute atomic E-state index is 0. The maximum Gasteiger partial charge on any atom is 2.00 e. The van der Waals surface area contributed by atoms with Crippen LogP contribution in [-0.4, -0.2) is 33.6 Å². The Labute approximate surface area is 614 Å². The number of anilines is 2. The van der Waals surface area contributed by atoms with Gasteiger partial charge in [0.15, 0.2) is 0 Å². The topological polar surface area (TPSA) is 129 Å². The van der Waals surface area contributed by atoms with Crippen molar-refractivity contribution < 1.29 is 38.7 Å². The van der Waals surface area contributed by atoms with Crippen LogP contribution in [0.25, 0.3) is 134 Å². The van der Waals surface area contributed by atoms with Crippen molar-refractivity contribution in [2.75, 3.05) is 9.80 Å². The second kappa shape index (κ2) is 24.2. The van der Waals surface area contributed by atoms with E-state index in [4.69, 9.17) is 19.9 Å². The number of nitrogens with zero attached hydrogens (tertiary/aromatic N) is 6. The molecule has 0 unspecified atom stereocenters. The molecule has 14 aromatic rings. The van der Waals surface area contributed by atoms with Crippen LogP contribution in [0.4, 0.5) is 11.4 Å². The first kappa shape index (κ1) is 65.1. The van der Waals surface area contributed by atoms with Gasteiger partial charge in [-0.05, 0) is 289 Å². The van der Waals surface area contributed by atoms with Crippen LogP contribution in [0.15, 0.2) is 176 Å². The third-order valence-electron chi connectivity index (χ3n) is 21.3. The molecule has 104 heavy (non-hydrogen) atoms. The van der Waals surface area contributed by atoms with E-state index >= 15 is 0 Å². The van der Waals surface area contributed by atoms with Gasteiger partial charge in [0.1, 0.15) is 0 Å². The Hall–Kier alpha value is -12.2. The monoisotopic (exact) mass is 1390 g/mol. The summed E-state index contributed by atoms with van der Waals surface area (Å²) in [6.45, 7) is 23.3. The predicted octanol–water partition coefficient (Wildman–Crippen LogP) is 21.0. The second-order valence-electron chi connectivity index (χ2n) is 28.4. The molecule has 4 aliphatic heterocycles. The first-order valence-corrected chi connectivity index (χ1v) is 34.8. The molecule has 0 atom stereocenters. The summed E-state index contributed by atoms with van der Waals surface area (Å²) in [7, 11) is 0. The summed E-state index contributed by atoms with van der Waals surface area (Å²) in [6.07, 6.45) is 8.51. The van der Waals surface area contributed by atoms with Gasteiger partial charge >= 0.3 is 19.5 Å². The molecule has 18 rings (SSSR count). The zero-order valence-corrected chi connectivity index (χ0v) is 62.5. The summed E-state index contributed by atoms with van der Waals surface area (Å²) >= 11 is 0. The smallest absolute Gasteiger partial charge is 0.657 e. The fraction of sp³-hybridized carbons (Fsp3) is 0.118. The van der Waals surface area contributed by atoms with Crippen LogP contribution >= 0.6 is 0 Å². The minimum atomic E-state index is -0.437. The summed E-state index contributed by atoms with van der Waals surface area (Å²) in [4.78, 5) is 83.6. The van der Waals surface area contributed by atoms with Gasteiger partial charge in [0.2, 0.25) is 0 Å². The van der Waals surface area contributed by atoms with E-state index in [9.17, 15) is 19.2 Å². The van der Waals surface area contributed by atoms with Crippen molar-refractivity contribution in [3.63, 3.8) is 0 Å². The average molecular weight is 1400 g/mol. The van der Waals surface area contributed by atoms with Crippen LogP contribution in [0.1, 0.15) is 137 Å². The van der Waals surface area contributed by atoms with Gasteiger partial charge in [0.25, 0.3) is 23.6 Å². The molecule has 0 radical (unpaired) electrons. The Morgan fingerprint density at radius 1 is 0.298 bits per heavy atom. The molecule has 0 fully saturated rings. The first-order valence-electron chi connectivity index (χ1n) is 34.8. The number of hydrogen-bond acceptors (Lipinski definition) is 6. The van der Waals surface area contributed by atoms with E-state index in [1.165, 1.54) is 26.5 Å². The molecule has 3 aromatic heterocycles. The van der Waals surface area contributed by atoms with Crippen molar-refractivity contribution >= 4 is 124 Å². The van der Waals surface area contributed by atoms with Crippen molar-refractivity contribution in [2.24, 2.45) is 0 Å². The van der Waals surface area contributed by atoms with Crippen LogP contribution < -0.4 is 19.8 Å². The van der Waals surface area contributed by atoms with Gasteiger partial charge in [-0.25, -0.2) is 19.8 Å². The van der Waals surface area contributed by atoms with Gasteiger partial charge in [-0.15, -0.1) is 22.1 Å². The number of fused-ring (bicyclic) bond motifs is 10. The molecule has 8 bridgehead atoms. The van der Waals surface area contributed by atoms with Crippen molar-refractivity contribution in [3.8, 4) is 56.3 Å². The van der Waals surface area contributed by atoms with Crippen molar-refractivity contribution in [1.82, 2.24) is 19.9 Å². The fourth-order valence-corrected chi connectivity index (χ4v) is 17.1. The summed E-state index contributed by atoms with van der Waals surface area (Å²) in [5.41, 5.74) is 30.7. The first-order chi connectivity index (χ1) is 49.7. The molecule has 0 aliphatic carbocycles. The van der Waals surface area contributed by atoms with Gasteiger partial charge in [-0.2, -0.15) is 0 Å². The molecule has 4 amide bonds. The second-order valence-corrected chi connectivity index (χ2v) is 28.4. The molecule has 11 aromatic carbocycles. The number of amides is 4. The Balaban J connectivity index is 0.00000800. The summed E-state index contributed by atoms with van der Waals surface area (Å²) in [5.74, 6) is 5.10. The molecule has 7 heterocycles. The van der Waals surface area contributed by atoms with Crippen LogP contribution in [-0.2, 0) is 19.5 Å². The molecule has 0 spiro atoms. The third-order valence-corrected chi connectivity index (χ3v) is 21.3. The maximum atomic E-state index is 14.8. The normalized spacial score (nSPS) is 13.1. The molecule has 10 nitrogen and oxygen atoms in total. The molecule has 494 valence electrons. The number of hydrogen-bond donors (Lipinski definition) is 0. The van der Waals surface area contributed by atoms with Crippen LogP contribution in [0, 0.1) is 88.0 Å².